The van der Waals surface area contributed by atoms with Gasteiger partial charge in [0.15, 0.2) is 17.0 Å². The summed E-state index contributed by atoms with van der Waals surface area (Å²) in [7, 11) is 1.83. The number of aromatic nitrogens is 5. The molecule has 4 saturated heterocycles. The Morgan fingerprint density at radius 3 is 2.50 bits per heavy atom. The molecule has 0 bridgehead atoms. The van der Waals surface area contributed by atoms with Gasteiger partial charge in [-0.25, -0.2) is 19.2 Å². The topological polar surface area (TPSA) is 194 Å². The van der Waals surface area contributed by atoms with Crippen LogP contribution in [-0.4, -0.2) is 120 Å². The first kappa shape index (κ1) is 44.0. The van der Waals surface area contributed by atoms with Crippen LogP contribution in [-0.2, 0) is 40.9 Å². The average Bonchev–Trinajstić information content (AvgIpc) is 4.16. The molecule has 6 aliphatic heterocycles. The van der Waals surface area contributed by atoms with Crippen LogP contribution in [0.3, 0.4) is 0 Å². The van der Waals surface area contributed by atoms with Crippen molar-refractivity contribution in [3.8, 4) is 11.1 Å². The van der Waals surface area contributed by atoms with Crippen molar-refractivity contribution in [2.45, 2.75) is 69.7 Å². The van der Waals surface area contributed by atoms with E-state index in [1.165, 1.54) is 27.2 Å². The van der Waals surface area contributed by atoms with Crippen LogP contribution < -0.4 is 25.3 Å². The van der Waals surface area contributed by atoms with Crippen molar-refractivity contribution >= 4 is 74.2 Å². The lowest BCUT2D eigenvalue weighted by Crippen LogP contribution is -2.73. The summed E-state index contributed by atoms with van der Waals surface area (Å²) in [5.74, 6) is -1.21. The number of nitrogens with zero attached hydrogens (tertiary/aromatic N) is 10. The first-order valence-electron chi connectivity index (χ1n) is 23.9. The van der Waals surface area contributed by atoms with Crippen LogP contribution in [0.4, 0.5) is 31.5 Å². The number of imidazole rings is 1. The predicted octanol–water partition coefficient (Wildman–Crippen LogP) is 5.22. The zero-order valence-corrected chi connectivity index (χ0v) is 39.4. The molecular formula is C50H51FN12O6S. The molecule has 2 atom stereocenters. The highest BCUT2D eigenvalue weighted by Gasteiger charge is 2.54. The molecule has 3 aromatic heterocycles. The molecule has 12 rings (SSSR count). The first-order valence-corrected chi connectivity index (χ1v) is 24.8. The molecule has 0 aliphatic carbocycles. The number of thiazole rings is 1. The number of likely N-dealkylation sites (tertiary alicyclic amines) is 1. The highest BCUT2D eigenvalue weighted by atomic mass is 32.1. The number of fused-ring (bicyclic) bond motifs is 3. The van der Waals surface area contributed by atoms with Gasteiger partial charge in [-0.1, -0.05) is 12.1 Å². The Morgan fingerprint density at radius 1 is 0.900 bits per heavy atom. The normalized spacial score (nSPS) is 21.1. The SMILES string of the molecule is Cn1nc(N2CCC(=O)NC2=O)c2ccc(N3CCCC(O)(CC(=O)N4CC5(C4)CN(c4ccc(-c6cc(F)c7c(c6)C(=O)N(C(C(=O)Nc6nccs6)c6ncn8c6CCC8)C7)cc4)C5)CC3)cc21. The second-order valence-electron chi connectivity index (χ2n) is 19.8. The molecule has 6 aromatic rings. The zero-order chi connectivity index (χ0) is 48.1. The fraction of sp³-hybridized carbons (Fsp3) is 0.400. The number of halogens is 1. The highest BCUT2D eigenvalue weighted by molar-refractivity contribution is 7.13. The maximum Gasteiger partial charge on any atom is 0.329 e. The van der Waals surface area contributed by atoms with Gasteiger partial charge >= 0.3 is 6.03 Å². The summed E-state index contributed by atoms with van der Waals surface area (Å²) in [6.07, 6.45) is 6.93. The Bertz CT molecular complexity index is 3120. The lowest BCUT2D eigenvalue weighted by Gasteiger charge is -2.61. The smallest absolute Gasteiger partial charge is 0.329 e. The minimum absolute atomic E-state index is 0.00220. The number of hydrogen-bond donors (Lipinski definition) is 3. The van der Waals surface area contributed by atoms with E-state index in [1.54, 1.807) is 28.7 Å². The van der Waals surface area contributed by atoms with Gasteiger partial charge in [0.2, 0.25) is 11.8 Å². The molecule has 6 amide bonds. The molecule has 4 fully saturated rings. The number of carbonyl (C=O) groups is 5. The quantitative estimate of drug-likeness (QED) is 0.163. The Morgan fingerprint density at radius 2 is 1.71 bits per heavy atom. The predicted molar refractivity (Wildman–Crippen MR) is 259 cm³/mol. The number of rotatable bonds is 10. The van der Waals surface area contributed by atoms with Gasteiger partial charge in [-0.2, -0.15) is 5.10 Å². The molecule has 0 radical (unpaired) electrons. The van der Waals surface area contributed by atoms with Gasteiger partial charge in [-0.3, -0.25) is 39.4 Å². The molecule has 360 valence electrons. The van der Waals surface area contributed by atoms with Crippen LogP contribution in [0.2, 0.25) is 0 Å². The molecule has 3 aromatic carbocycles. The van der Waals surface area contributed by atoms with Gasteiger partial charge < -0.3 is 29.3 Å². The number of anilines is 4. The van der Waals surface area contributed by atoms with Gasteiger partial charge in [0, 0.05) is 116 Å². The summed E-state index contributed by atoms with van der Waals surface area (Å²) >= 11 is 1.27. The Kier molecular flexibility index (Phi) is 10.5. The van der Waals surface area contributed by atoms with Crippen molar-refractivity contribution in [1.29, 1.82) is 0 Å². The number of urea groups is 1. The van der Waals surface area contributed by atoms with Crippen molar-refractivity contribution in [1.82, 2.24) is 39.4 Å². The van der Waals surface area contributed by atoms with Crippen LogP contribution in [0.15, 0.2) is 72.5 Å². The van der Waals surface area contributed by atoms with Crippen molar-refractivity contribution in [3.63, 3.8) is 0 Å². The Balaban J connectivity index is 0.652. The summed E-state index contributed by atoms with van der Waals surface area (Å²) in [6.45, 7) is 5.15. The standard InChI is InChI=1S/C50H51FN12O6S/c1-57-39-22-33(9-10-34(39)44(56-57)62-17-11-40(64)54-48(62)68)58-16-3-12-50(69,13-18-58)23-41(65)61-27-49(28-61)25-60(26-49)32-7-5-30(6-8-32)31-20-35-36(37(51)21-31)24-63(46(35)67)43(45(66)55-47-52-14-19-70-47)42-38-4-2-15-59(38)29-53-42/h5-10,14,19-22,29,43,69H,2-4,11-13,15-18,23-28H2,1H3,(H,52,55,66)(H,54,64,68). The Labute approximate surface area is 405 Å². The molecular weight excluding hydrogens is 916 g/mol. The summed E-state index contributed by atoms with van der Waals surface area (Å²) < 4.78 is 19.7. The van der Waals surface area contributed by atoms with Crippen molar-refractivity contribution in [2.75, 3.05) is 65.8 Å². The van der Waals surface area contributed by atoms with E-state index < -0.39 is 35.3 Å². The third kappa shape index (κ3) is 7.63. The number of amides is 6. The molecule has 18 nitrogen and oxygen atoms in total. The lowest BCUT2D eigenvalue weighted by molar-refractivity contribution is -0.150. The second-order valence-corrected chi connectivity index (χ2v) is 20.7. The highest BCUT2D eigenvalue weighted by Crippen LogP contribution is 2.44. The minimum atomic E-state index is -1.11. The molecule has 2 unspecified atom stereocenters. The molecule has 9 heterocycles. The van der Waals surface area contributed by atoms with E-state index in [1.807, 2.05) is 59.0 Å². The van der Waals surface area contributed by atoms with E-state index in [-0.39, 0.29) is 54.3 Å². The zero-order valence-electron chi connectivity index (χ0n) is 38.6. The van der Waals surface area contributed by atoms with E-state index in [2.05, 4.69) is 35.5 Å². The number of hydrogen-bond acceptors (Lipinski definition) is 12. The van der Waals surface area contributed by atoms with E-state index >= 15 is 4.39 Å². The van der Waals surface area contributed by atoms with Gasteiger partial charge in [0.25, 0.3) is 11.8 Å². The van der Waals surface area contributed by atoms with E-state index in [0.29, 0.717) is 54.7 Å². The van der Waals surface area contributed by atoms with Crippen LogP contribution in [0, 0.1) is 11.2 Å². The molecule has 0 saturated carbocycles. The van der Waals surface area contributed by atoms with Crippen LogP contribution in [0.25, 0.3) is 22.0 Å². The number of imide groups is 1. The summed E-state index contributed by atoms with van der Waals surface area (Å²) in [5, 5.41) is 24.5. The van der Waals surface area contributed by atoms with Crippen LogP contribution >= 0.6 is 11.3 Å². The fourth-order valence-corrected chi connectivity index (χ4v) is 12.0. The summed E-state index contributed by atoms with van der Waals surface area (Å²) in [5.41, 5.74) is 4.92. The fourth-order valence-electron chi connectivity index (χ4n) is 11.5. The van der Waals surface area contributed by atoms with Gasteiger partial charge in [-0.05, 0) is 85.7 Å². The van der Waals surface area contributed by atoms with Crippen LogP contribution in [0.1, 0.15) is 71.9 Å². The summed E-state index contributed by atoms with van der Waals surface area (Å²) in [4.78, 5) is 84.0. The molecule has 6 aliphatic rings. The van der Waals surface area contributed by atoms with E-state index in [0.717, 1.165) is 79.0 Å². The largest absolute Gasteiger partial charge is 0.389 e. The number of aryl methyl sites for hydroxylation is 2. The third-order valence-corrected chi connectivity index (χ3v) is 15.9. The number of aliphatic hydroxyl groups is 1. The molecule has 20 heteroatoms. The van der Waals surface area contributed by atoms with Crippen molar-refractivity contribution in [2.24, 2.45) is 12.5 Å². The van der Waals surface area contributed by atoms with Crippen LogP contribution in [0.5, 0.6) is 0 Å². The van der Waals surface area contributed by atoms with Gasteiger partial charge in [0.05, 0.1) is 36.1 Å². The van der Waals surface area contributed by atoms with E-state index in [4.69, 9.17) is 0 Å². The Hall–Kier alpha value is -7.19. The minimum Gasteiger partial charge on any atom is -0.389 e. The monoisotopic (exact) mass is 966 g/mol. The molecule has 1 spiro atoms. The average molecular weight is 967 g/mol. The summed E-state index contributed by atoms with van der Waals surface area (Å²) in [6, 6.07) is 15.5. The van der Waals surface area contributed by atoms with Gasteiger partial charge in [0.1, 0.15) is 5.82 Å². The van der Waals surface area contributed by atoms with E-state index in [9.17, 15) is 29.1 Å². The van der Waals surface area contributed by atoms with Crippen molar-refractivity contribution in [3.05, 3.63) is 101 Å². The second kappa shape index (κ2) is 16.8. The van der Waals surface area contributed by atoms with Crippen molar-refractivity contribution < 1.29 is 33.5 Å². The maximum atomic E-state index is 16.0. The number of nitrogens with one attached hydrogen (secondary N) is 2. The lowest BCUT2D eigenvalue weighted by atomic mass is 9.72. The maximum absolute atomic E-state index is 16.0. The number of carbonyl (C=O) groups excluding carboxylic acids is 5. The third-order valence-electron chi connectivity index (χ3n) is 15.2. The molecule has 70 heavy (non-hydrogen) atoms. The number of benzene rings is 3. The van der Waals surface area contributed by atoms with Gasteiger partial charge in [-0.15, -0.1) is 11.3 Å². The molecule has 3 N–H and O–H groups in total. The first-order chi connectivity index (χ1) is 33.8.